The zero-order valence-corrected chi connectivity index (χ0v) is 19.1. The SMILES string of the molecule is COc1cccc(Cn2nccc2NC(=O)CN2C(=O)NC(C)(c3ccccc3)C2=O)c1OC. The second kappa shape index (κ2) is 9.26. The van der Waals surface area contributed by atoms with Crippen molar-refractivity contribution in [2.24, 2.45) is 0 Å². The molecule has 1 atom stereocenters. The summed E-state index contributed by atoms with van der Waals surface area (Å²) in [6.07, 6.45) is 1.54. The number of anilines is 1. The minimum Gasteiger partial charge on any atom is -0.493 e. The molecule has 2 heterocycles. The average Bonchev–Trinajstić information content (AvgIpc) is 3.36. The number of urea groups is 1. The number of carbonyl (C=O) groups excluding carboxylic acids is 3. The van der Waals surface area contributed by atoms with E-state index in [1.54, 1.807) is 68.4 Å². The fraction of sp³-hybridized carbons (Fsp3) is 0.250. The number of benzene rings is 2. The van der Waals surface area contributed by atoms with Gasteiger partial charge in [-0.25, -0.2) is 9.48 Å². The fourth-order valence-corrected chi connectivity index (χ4v) is 3.94. The summed E-state index contributed by atoms with van der Waals surface area (Å²) in [7, 11) is 3.11. The number of hydrogen-bond donors (Lipinski definition) is 2. The van der Waals surface area contributed by atoms with Gasteiger partial charge in [0.05, 0.1) is 27.0 Å². The highest BCUT2D eigenvalue weighted by Gasteiger charge is 2.49. The lowest BCUT2D eigenvalue weighted by atomic mass is 9.92. The predicted molar refractivity (Wildman–Crippen MR) is 124 cm³/mol. The predicted octanol–water partition coefficient (Wildman–Crippen LogP) is 2.35. The summed E-state index contributed by atoms with van der Waals surface area (Å²) >= 11 is 0. The van der Waals surface area contributed by atoms with Gasteiger partial charge >= 0.3 is 6.03 Å². The van der Waals surface area contributed by atoms with Gasteiger partial charge in [-0.2, -0.15) is 5.10 Å². The minimum atomic E-state index is -1.23. The molecule has 2 aromatic carbocycles. The lowest BCUT2D eigenvalue weighted by molar-refractivity contribution is -0.133. The quantitative estimate of drug-likeness (QED) is 0.496. The van der Waals surface area contributed by atoms with Crippen LogP contribution in [0, 0.1) is 0 Å². The van der Waals surface area contributed by atoms with Gasteiger partial charge in [0.25, 0.3) is 5.91 Å². The van der Waals surface area contributed by atoms with Crippen LogP contribution in [0.15, 0.2) is 60.8 Å². The maximum atomic E-state index is 13.0. The van der Waals surface area contributed by atoms with E-state index in [4.69, 9.17) is 9.47 Å². The summed E-state index contributed by atoms with van der Waals surface area (Å²) in [5, 5.41) is 9.69. The van der Waals surface area contributed by atoms with Crippen LogP contribution in [0.1, 0.15) is 18.1 Å². The summed E-state index contributed by atoms with van der Waals surface area (Å²) in [6.45, 7) is 1.50. The van der Waals surface area contributed by atoms with Gasteiger partial charge in [-0.1, -0.05) is 42.5 Å². The molecule has 3 aromatic rings. The maximum absolute atomic E-state index is 13.0. The number of hydrogen-bond acceptors (Lipinski definition) is 6. The van der Waals surface area contributed by atoms with Crippen LogP contribution in [0.2, 0.25) is 0 Å². The van der Waals surface area contributed by atoms with Gasteiger partial charge in [-0.3, -0.25) is 14.5 Å². The van der Waals surface area contributed by atoms with Crippen molar-refractivity contribution in [2.75, 3.05) is 26.1 Å². The molecular weight excluding hydrogens is 438 g/mol. The summed E-state index contributed by atoms with van der Waals surface area (Å²) in [5.74, 6) is 0.538. The minimum absolute atomic E-state index is 0.304. The third-order valence-electron chi connectivity index (χ3n) is 5.72. The number of imide groups is 1. The monoisotopic (exact) mass is 463 g/mol. The van der Waals surface area contributed by atoms with Crippen molar-refractivity contribution < 1.29 is 23.9 Å². The van der Waals surface area contributed by atoms with Crippen LogP contribution in [0.5, 0.6) is 11.5 Å². The first-order chi connectivity index (χ1) is 16.4. The van der Waals surface area contributed by atoms with Crippen molar-refractivity contribution in [3.8, 4) is 11.5 Å². The highest BCUT2D eigenvalue weighted by atomic mass is 16.5. The van der Waals surface area contributed by atoms with E-state index in [2.05, 4.69) is 15.7 Å². The Hall–Kier alpha value is -4.34. The lowest BCUT2D eigenvalue weighted by Gasteiger charge is -2.22. The molecule has 34 heavy (non-hydrogen) atoms. The van der Waals surface area contributed by atoms with Gasteiger partial charge in [0, 0.05) is 11.6 Å². The molecular formula is C24H25N5O5. The number of rotatable bonds is 8. The van der Waals surface area contributed by atoms with E-state index in [0.717, 1.165) is 10.5 Å². The Morgan fingerprint density at radius 1 is 1.06 bits per heavy atom. The molecule has 10 heteroatoms. The summed E-state index contributed by atoms with van der Waals surface area (Å²) in [4.78, 5) is 39.2. The summed E-state index contributed by atoms with van der Waals surface area (Å²) in [6, 6.07) is 15.4. The van der Waals surface area contributed by atoms with Crippen LogP contribution >= 0.6 is 0 Å². The summed E-state index contributed by atoms with van der Waals surface area (Å²) < 4.78 is 12.4. The van der Waals surface area contributed by atoms with Gasteiger partial charge in [0.1, 0.15) is 17.9 Å². The van der Waals surface area contributed by atoms with Crippen LogP contribution in [-0.2, 0) is 21.7 Å². The molecule has 1 aromatic heterocycles. The number of ether oxygens (including phenoxy) is 2. The van der Waals surface area contributed by atoms with Crippen molar-refractivity contribution in [2.45, 2.75) is 19.0 Å². The van der Waals surface area contributed by atoms with Crippen molar-refractivity contribution >= 4 is 23.7 Å². The van der Waals surface area contributed by atoms with Crippen LogP contribution in [0.4, 0.5) is 10.6 Å². The van der Waals surface area contributed by atoms with Gasteiger partial charge in [-0.05, 0) is 18.6 Å². The Morgan fingerprint density at radius 3 is 2.53 bits per heavy atom. The number of para-hydroxylation sites is 1. The molecule has 1 aliphatic rings. The molecule has 0 radical (unpaired) electrons. The number of carbonyl (C=O) groups is 3. The van der Waals surface area contributed by atoms with E-state index >= 15 is 0 Å². The molecule has 0 bridgehead atoms. The summed E-state index contributed by atoms with van der Waals surface area (Å²) in [5.41, 5.74) is 0.207. The van der Waals surface area contributed by atoms with Crippen molar-refractivity contribution in [1.29, 1.82) is 0 Å². The average molecular weight is 463 g/mol. The first kappa shape index (κ1) is 22.8. The van der Waals surface area contributed by atoms with Gasteiger partial charge < -0.3 is 20.1 Å². The molecule has 1 saturated heterocycles. The molecule has 0 saturated carbocycles. The number of aromatic nitrogens is 2. The Balaban J connectivity index is 1.47. The van der Waals surface area contributed by atoms with Gasteiger partial charge in [0.15, 0.2) is 11.5 Å². The van der Waals surface area contributed by atoms with E-state index in [0.29, 0.717) is 29.4 Å². The molecule has 176 valence electrons. The molecule has 2 N–H and O–H groups in total. The second-order valence-electron chi connectivity index (χ2n) is 7.89. The Labute approximate surface area is 196 Å². The third-order valence-corrected chi connectivity index (χ3v) is 5.72. The lowest BCUT2D eigenvalue weighted by Crippen LogP contribution is -2.42. The molecule has 10 nitrogen and oxygen atoms in total. The molecule has 1 aliphatic heterocycles. The van der Waals surface area contributed by atoms with Crippen molar-refractivity contribution in [3.63, 3.8) is 0 Å². The standard InChI is InChI=1S/C24H25N5O5/c1-24(17-9-5-4-6-10-17)22(31)28(23(32)27-24)15-20(30)26-19-12-13-25-29(19)14-16-8-7-11-18(33-2)21(16)34-3/h4-13H,14-15H2,1-3H3,(H,26,30)(H,27,32). The highest BCUT2D eigenvalue weighted by Crippen LogP contribution is 2.32. The number of nitrogens with one attached hydrogen (secondary N) is 2. The largest absolute Gasteiger partial charge is 0.493 e. The maximum Gasteiger partial charge on any atom is 0.325 e. The Bertz CT molecular complexity index is 1230. The topological polar surface area (TPSA) is 115 Å². The van der Waals surface area contributed by atoms with Crippen LogP contribution in [0.25, 0.3) is 0 Å². The first-order valence-corrected chi connectivity index (χ1v) is 10.6. The van der Waals surface area contributed by atoms with Crippen LogP contribution < -0.4 is 20.1 Å². The van der Waals surface area contributed by atoms with E-state index < -0.39 is 29.9 Å². The third kappa shape index (κ3) is 4.17. The smallest absolute Gasteiger partial charge is 0.325 e. The zero-order valence-electron chi connectivity index (χ0n) is 19.1. The van der Waals surface area contributed by atoms with Crippen LogP contribution in [-0.4, -0.2) is 53.3 Å². The second-order valence-corrected chi connectivity index (χ2v) is 7.89. The Kier molecular flexibility index (Phi) is 6.22. The molecule has 1 fully saturated rings. The van der Waals surface area contributed by atoms with Gasteiger partial charge in [0.2, 0.25) is 5.91 Å². The van der Waals surface area contributed by atoms with E-state index in [1.807, 2.05) is 18.2 Å². The van der Waals surface area contributed by atoms with E-state index in [9.17, 15) is 14.4 Å². The molecule has 4 amide bonds. The van der Waals surface area contributed by atoms with E-state index in [-0.39, 0.29) is 0 Å². The molecule has 0 spiro atoms. The number of nitrogens with zero attached hydrogens (tertiary/aromatic N) is 3. The number of methoxy groups -OCH3 is 2. The molecule has 1 unspecified atom stereocenters. The normalized spacial score (nSPS) is 17.4. The van der Waals surface area contributed by atoms with Gasteiger partial charge in [-0.15, -0.1) is 0 Å². The van der Waals surface area contributed by atoms with Crippen molar-refractivity contribution in [1.82, 2.24) is 20.0 Å². The Morgan fingerprint density at radius 2 is 1.82 bits per heavy atom. The molecule has 0 aliphatic carbocycles. The van der Waals surface area contributed by atoms with E-state index in [1.165, 1.54) is 0 Å². The van der Waals surface area contributed by atoms with Crippen molar-refractivity contribution in [3.05, 3.63) is 71.9 Å². The first-order valence-electron chi connectivity index (χ1n) is 10.6. The number of amides is 4. The fourth-order valence-electron chi connectivity index (χ4n) is 3.94. The highest BCUT2D eigenvalue weighted by molar-refractivity contribution is 6.10. The zero-order chi connectivity index (χ0) is 24.3. The molecule has 4 rings (SSSR count). The van der Waals surface area contributed by atoms with Crippen LogP contribution in [0.3, 0.4) is 0 Å².